The molecule has 0 saturated carbocycles. The molecule has 0 bridgehead atoms. The number of rotatable bonds is 9. The van der Waals surface area contributed by atoms with E-state index >= 15 is 0 Å². The highest BCUT2D eigenvalue weighted by Gasteiger charge is 2.09. The van der Waals surface area contributed by atoms with E-state index in [2.05, 4.69) is 20.8 Å². The van der Waals surface area contributed by atoms with Gasteiger partial charge in [0.15, 0.2) is 11.6 Å². The van der Waals surface area contributed by atoms with E-state index in [1.165, 1.54) is 11.3 Å². The molecule has 0 radical (unpaired) electrons. The van der Waals surface area contributed by atoms with Crippen LogP contribution in [0.25, 0.3) is 10.8 Å². The fraction of sp³-hybridized carbons (Fsp3) is 0.263. The zero-order chi connectivity index (χ0) is 19.1. The number of nitrogens with one attached hydrogen (secondary N) is 3. The highest BCUT2D eigenvalue weighted by atomic mass is 32.1. The van der Waals surface area contributed by atoms with Crippen molar-refractivity contribution in [2.45, 2.75) is 19.3 Å². The van der Waals surface area contributed by atoms with Gasteiger partial charge in [0, 0.05) is 31.3 Å². The van der Waals surface area contributed by atoms with Gasteiger partial charge in [0.05, 0.1) is 10.3 Å². The summed E-state index contributed by atoms with van der Waals surface area (Å²) in [6, 6.07) is 10.8. The number of aromatic amines is 1. The summed E-state index contributed by atoms with van der Waals surface area (Å²) in [5.74, 6) is 0.562. The number of hydrogen-bond donors (Lipinski definition) is 3. The van der Waals surface area contributed by atoms with Gasteiger partial charge in [-0.1, -0.05) is 24.3 Å². The molecule has 3 N–H and O–H groups in total. The van der Waals surface area contributed by atoms with Gasteiger partial charge in [-0.05, 0) is 23.9 Å². The summed E-state index contributed by atoms with van der Waals surface area (Å²) >= 11 is 1.42. The number of ketones is 1. The number of H-pyrrole nitrogens is 1. The van der Waals surface area contributed by atoms with Crippen molar-refractivity contribution in [3.8, 4) is 0 Å². The molecule has 0 atom stereocenters. The number of aromatic nitrogens is 2. The Bertz CT molecular complexity index is 982. The molecule has 0 spiro atoms. The first-order chi connectivity index (χ1) is 13.1. The third kappa shape index (κ3) is 5.01. The Hall–Kier alpha value is -3.00. The van der Waals surface area contributed by atoms with E-state index in [0.717, 1.165) is 10.3 Å². The first kappa shape index (κ1) is 18.8. The molecule has 0 aliphatic rings. The van der Waals surface area contributed by atoms with Crippen LogP contribution in [0.3, 0.4) is 0 Å². The van der Waals surface area contributed by atoms with Crippen LogP contribution in [0.4, 0.5) is 5.82 Å². The zero-order valence-corrected chi connectivity index (χ0v) is 15.5. The van der Waals surface area contributed by atoms with Gasteiger partial charge in [0.1, 0.15) is 0 Å². The molecule has 0 saturated heterocycles. The quantitative estimate of drug-likeness (QED) is 0.389. The third-order valence-corrected chi connectivity index (χ3v) is 4.95. The second kappa shape index (κ2) is 9.09. The standard InChI is InChI=1S/C19H20N4O3S/c24-15(16-8-4-12-27-16)7-3-9-17(25)20-10-11-21-18-13-5-1-2-6-14(13)19(26)23-22-18/h1-2,4-6,8,12H,3,7,9-11H2,(H,20,25)(H,21,22)(H,23,26). The lowest BCUT2D eigenvalue weighted by atomic mass is 10.1. The SMILES string of the molecule is O=C(CCCC(=O)c1cccs1)NCCNc1n[nH]c(=O)c2ccccc12. The molecule has 8 heteroatoms. The van der Waals surface area contributed by atoms with Gasteiger partial charge in [-0.15, -0.1) is 11.3 Å². The molecular weight excluding hydrogens is 364 g/mol. The van der Waals surface area contributed by atoms with Crippen LogP contribution in [-0.4, -0.2) is 35.0 Å². The van der Waals surface area contributed by atoms with Crippen LogP contribution < -0.4 is 16.2 Å². The van der Waals surface area contributed by atoms with Gasteiger partial charge < -0.3 is 10.6 Å². The summed E-state index contributed by atoms with van der Waals surface area (Å²) in [4.78, 5) is 36.2. The number of anilines is 1. The number of carbonyl (C=O) groups excluding carboxylic acids is 2. The number of benzene rings is 1. The molecule has 0 fully saturated rings. The van der Waals surface area contributed by atoms with E-state index in [1.54, 1.807) is 18.2 Å². The van der Waals surface area contributed by atoms with Crippen molar-refractivity contribution < 1.29 is 9.59 Å². The van der Waals surface area contributed by atoms with E-state index in [1.807, 2.05) is 23.6 Å². The van der Waals surface area contributed by atoms with Crippen LogP contribution in [-0.2, 0) is 4.79 Å². The average Bonchev–Trinajstić information content (AvgIpc) is 3.22. The van der Waals surface area contributed by atoms with Crippen LogP contribution in [0, 0.1) is 0 Å². The topological polar surface area (TPSA) is 104 Å². The molecular formula is C19H20N4O3S. The van der Waals surface area contributed by atoms with E-state index in [-0.39, 0.29) is 17.2 Å². The number of carbonyl (C=O) groups is 2. The second-order valence-corrected chi connectivity index (χ2v) is 6.93. The fourth-order valence-corrected chi connectivity index (χ4v) is 3.39. The number of thiophene rings is 1. The van der Waals surface area contributed by atoms with E-state index < -0.39 is 0 Å². The van der Waals surface area contributed by atoms with Crippen molar-refractivity contribution in [1.29, 1.82) is 0 Å². The number of amides is 1. The van der Waals surface area contributed by atoms with Gasteiger partial charge in [-0.25, -0.2) is 5.10 Å². The average molecular weight is 384 g/mol. The molecule has 3 aromatic rings. The van der Waals surface area contributed by atoms with E-state index in [9.17, 15) is 14.4 Å². The molecule has 0 aliphatic carbocycles. The van der Waals surface area contributed by atoms with E-state index in [4.69, 9.17) is 0 Å². The Labute approximate surface area is 159 Å². The number of hydrogen-bond acceptors (Lipinski definition) is 6. The molecule has 2 aromatic heterocycles. The first-order valence-corrected chi connectivity index (χ1v) is 9.58. The predicted octanol–water partition coefficient (Wildman–Crippen LogP) is 2.57. The lowest BCUT2D eigenvalue weighted by Crippen LogP contribution is -2.29. The molecule has 1 amide bonds. The molecule has 7 nitrogen and oxygen atoms in total. The molecule has 2 heterocycles. The van der Waals surface area contributed by atoms with Crippen molar-refractivity contribution in [3.05, 3.63) is 57.0 Å². The summed E-state index contributed by atoms with van der Waals surface area (Å²) in [5, 5.41) is 15.6. The Morgan fingerprint density at radius 1 is 1.04 bits per heavy atom. The van der Waals surface area contributed by atoms with Gasteiger partial charge in [0.25, 0.3) is 5.56 Å². The molecule has 3 rings (SSSR count). The summed E-state index contributed by atoms with van der Waals surface area (Å²) < 4.78 is 0. The van der Waals surface area contributed by atoms with Crippen LogP contribution in [0.2, 0.25) is 0 Å². The second-order valence-electron chi connectivity index (χ2n) is 5.98. The maximum Gasteiger partial charge on any atom is 0.272 e. The molecule has 27 heavy (non-hydrogen) atoms. The Kier molecular flexibility index (Phi) is 6.32. The van der Waals surface area contributed by atoms with Crippen LogP contribution in [0.15, 0.2) is 46.6 Å². The minimum atomic E-state index is -0.235. The van der Waals surface area contributed by atoms with E-state index in [0.29, 0.717) is 43.6 Å². The number of fused-ring (bicyclic) bond motifs is 1. The number of Topliss-reactive ketones (excluding diaryl/α,β-unsaturated/α-hetero) is 1. The van der Waals surface area contributed by atoms with Crippen molar-refractivity contribution in [3.63, 3.8) is 0 Å². The molecule has 0 aliphatic heterocycles. The minimum absolute atomic E-state index is 0.0792. The minimum Gasteiger partial charge on any atom is -0.366 e. The van der Waals surface area contributed by atoms with Crippen LogP contribution in [0.5, 0.6) is 0 Å². The Morgan fingerprint density at radius 2 is 1.85 bits per heavy atom. The molecule has 1 aromatic carbocycles. The highest BCUT2D eigenvalue weighted by molar-refractivity contribution is 7.12. The maximum absolute atomic E-state index is 11.9. The summed E-state index contributed by atoms with van der Waals surface area (Å²) in [5.41, 5.74) is -0.235. The van der Waals surface area contributed by atoms with Crippen molar-refractivity contribution in [2.24, 2.45) is 0 Å². The Balaban J connectivity index is 1.39. The Morgan fingerprint density at radius 3 is 2.63 bits per heavy atom. The van der Waals surface area contributed by atoms with Crippen LogP contribution in [0.1, 0.15) is 28.9 Å². The summed E-state index contributed by atoms with van der Waals surface area (Å²) in [6.07, 6.45) is 1.22. The largest absolute Gasteiger partial charge is 0.366 e. The molecule has 0 unspecified atom stereocenters. The fourth-order valence-electron chi connectivity index (χ4n) is 2.69. The summed E-state index contributed by atoms with van der Waals surface area (Å²) in [6.45, 7) is 0.899. The van der Waals surface area contributed by atoms with Gasteiger partial charge in [-0.3, -0.25) is 14.4 Å². The first-order valence-electron chi connectivity index (χ1n) is 8.70. The smallest absolute Gasteiger partial charge is 0.272 e. The monoisotopic (exact) mass is 384 g/mol. The number of nitrogens with zero attached hydrogens (tertiary/aromatic N) is 1. The van der Waals surface area contributed by atoms with Crippen molar-refractivity contribution >= 4 is 39.6 Å². The highest BCUT2D eigenvalue weighted by Crippen LogP contribution is 2.16. The molecule has 140 valence electrons. The lowest BCUT2D eigenvalue weighted by Gasteiger charge is -2.09. The predicted molar refractivity (Wildman–Crippen MR) is 106 cm³/mol. The van der Waals surface area contributed by atoms with Gasteiger partial charge in [-0.2, -0.15) is 5.10 Å². The van der Waals surface area contributed by atoms with Crippen LogP contribution >= 0.6 is 11.3 Å². The van der Waals surface area contributed by atoms with Gasteiger partial charge in [0.2, 0.25) is 5.91 Å². The van der Waals surface area contributed by atoms with Crippen molar-refractivity contribution in [1.82, 2.24) is 15.5 Å². The summed E-state index contributed by atoms with van der Waals surface area (Å²) in [7, 11) is 0. The lowest BCUT2D eigenvalue weighted by molar-refractivity contribution is -0.121. The van der Waals surface area contributed by atoms with Crippen molar-refractivity contribution in [2.75, 3.05) is 18.4 Å². The third-order valence-electron chi connectivity index (χ3n) is 4.04. The zero-order valence-electron chi connectivity index (χ0n) is 14.7. The van der Waals surface area contributed by atoms with Gasteiger partial charge >= 0.3 is 0 Å². The normalized spacial score (nSPS) is 10.7. The maximum atomic E-state index is 11.9.